The van der Waals surface area contributed by atoms with Gasteiger partial charge in [0.25, 0.3) is 5.91 Å². The van der Waals surface area contributed by atoms with Crippen molar-refractivity contribution in [3.63, 3.8) is 0 Å². The van der Waals surface area contributed by atoms with Gasteiger partial charge in [-0.05, 0) is 18.2 Å². The molecule has 8 heteroatoms. The fourth-order valence-corrected chi connectivity index (χ4v) is 2.57. The van der Waals surface area contributed by atoms with E-state index in [2.05, 4.69) is 21.1 Å². The normalized spacial score (nSPS) is 17.0. The summed E-state index contributed by atoms with van der Waals surface area (Å²) in [5.74, 6) is -0.0720. The van der Waals surface area contributed by atoms with Crippen LogP contribution in [0.2, 0.25) is 0 Å². The quantitative estimate of drug-likeness (QED) is 0.319. The van der Waals surface area contributed by atoms with Gasteiger partial charge in [-0.1, -0.05) is 21.1 Å². The summed E-state index contributed by atoms with van der Waals surface area (Å²) in [5, 5.41) is 21.3. The second kappa shape index (κ2) is 6.77. The van der Waals surface area contributed by atoms with Crippen molar-refractivity contribution >= 4 is 27.7 Å². The molecule has 0 unspecified atom stereocenters. The second-order valence-corrected chi connectivity index (χ2v) is 5.74. The summed E-state index contributed by atoms with van der Waals surface area (Å²) in [6, 6.07) is 4.83. The largest absolute Gasteiger partial charge is 0.507 e. The highest BCUT2D eigenvalue weighted by molar-refractivity contribution is 9.10. The summed E-state index contributed by atoms with van der Waals surface area (Å²) in [6.07, 6.45) is 0. The minimum absolute atomic E-state index is 0.0338. The van der Waals surface area contributed by atoms with E-state index < -0.39 is 0 Å². The SMILES string of the molecule is NC(CN1CCN(C(=O)c2ccc(Br)cc2O)CC1)=NO. The van der Waals surface area contributed by atoms with Gasteiger partial charge < -0.3 is 20.9 Å². The van der Waals surface area contributed by atoms with E-state index >= 15 is 0 Å². The minimum Gasteiger partial charge on any atom is -0.507 e. The van der Waals surface area contributed by atoms with Gasteiger partial charge in [-0.2, -0.15) is 0 Å². The number of halogens is 1. The number of carbonyl (C=O) groups excluding carboxylic acids is 1. The number of rotatable bonds is 3. The summed E-state index contributed by atoms with van der Waals surface area (Å²) >= 11 is 3.24. The lowest BCUT2D eigenvalue weighted by Crippen LogP contribution is -2.50. The molecule has 1 saturated heterocycles. The molecule has 1 fully saturated rings. The van der Waals surface area contributed by atoms with Crippen LogP contribution in [0.4, 0.5) is 0 Å². The van der Waals surface area contributed by atoms with Crippen LogP contribution in [0.5, 0.6) is 5.75 Å². The molecule has 0 bridgehead atoms. The van der Waals surface area contributed by atoms with Gasteiger partial charge >= 0.3 is 0 Å². The maximum atomic E-state index is 12.4. The number of oxime groups is 1. The first-order valence-corrected chi connectivity index (χ1v) is 7.27. The Morgan fingerprint density at radius 2 is 2.00 bits per heavy atom. The zero-order chi connectivity index (χ0) is 15.4. The van der Waals surface area contributed by atoms with Gasteiger partial charge in [0.1, 0.15) is 5.75 Å². The third-order valence-corrected chi connectivity index (χ3v) is 3.86. The molecule has 1 aliphatic rings. The number of piperazine rings is 1. The van der Waals surface area contributed by atoms with Gasteiger partial charge in [0.2, 0.25) is 0 Å². The molecule has 114 valence electrons. The number of hydrogen-bond donors (Lipinski definition) is 3. The molecule has 2 rings (SSSR count). The molecule has 1 heterocycles. The van der Waals surface area contributed by atoms with Crippen LogP contribution in [0.15, 0.2) is 27.8 Å². The summed E-state index contributed by atoms with van der Waals surface area (Å²) in [6.45, 7) is 2.72. The molecule has 1 aromatic carbocycles. The summed E-state index contributed by atoms with van der Waals surface area (Å²) < 4.78 is 0.722. The number of aromatic hydroxyl groups is 1. The second-order valence-electron chi connectivity index (χ2n) is 4.82. The number of nitrogens with two attached hydrogens (primary N) is 1. The molecule has 4 N–H and O–H groups in total. The highest BCUT2D eigenvalue weighted by Crippen LogP contribution is 2.24. The van der Waals surface area contributed by atoms with E-state index in [0.717, 1.165) is 4.47 Å². The maximum Gasteiger partial charge on any atom is 0.257 e. The monoisotopic (exact) mass is 356 g/mol. The van der Waals surface area contributed by atoms with Crippen LogP contribution >= 0.6 is 15.9 Å². The lowest BCUT2D eigenvalue weighted by Gasteiger charge is -2.34. The zero-order valence-corrected chi connectivity index (χ0v) is 13.0. The van der Waals surface area contributed by atoms with E-state index in [-0.39, 0.29) is 17.5 Å². The number of phenols is 1. The molecule has 0 saturated carbocycles. The third kappa shape index (κ3) is 3.85. The molecule has 0 spiro atoms. The molecule has 1 aliphatic heterocycles. The zero-order valence-electron chi connectivity index (χ0n) is 11.4. The summed E-state index contributed by atoms with van der Waals surface area (Å²) in [7, 11) is 0. The lowest BCUT2D eigenvalue weighted by atomic mass is 10.1. The van der Waals surface area contributed by atoms with Crippen molar-refractivity contribution in [3.8, 4) is 5.75 Å². The van der Waals surface area contributed by atoms with E-state index in [1.807, 2.05) is 4.90 Å². The van der Waals surface area contributed by atoms with Crippen LogP contribution in [-0.2, 0) is 0 Å². The van der Waals surface area contributed by atoms with E-state index in [1.165, 1.54) is 6.07 Å². The first-order chi connectivity index (χ1) is 10.0. The Balaban J connectivity index is 1.97. The number of phenolic OH excluding ortho intramolecular Hbond substituents is 1. The highest BCUT2D eigenvalue weighted by Gasteiger charge is 2.24. The minimum atomic E-state index is -0.191. The Morgan fingerprint density at radius 1 is 1.33 bits per heavy atom. The van der Waals surface area contributed by atoms with E-state index in [9.17, 15) is 9.90 Å². The Morgan fingerprint density at radius 3 is 2.57 bits per heavy atom. The Kier molecular flexibility index (Phi) is 5.03. The molecule has 0 aromatic heterocycles. The molecule has 0 aliphatic carbocycles. The van der Waals surface area contributed by atoms with Crippen molar-refractivity contribution in [1.29, 1.82) is 0 Å². The summed E-state index contributed by atoms with van der Waals surface area (Å²) in [5.41, 5.74) is 5.76. The van der Waals surface area contributed by atoms with Crippen LogP contribution in [-0.4, -0.2) is 64.6 Å². The fraction of sp³-hybridized carbons (Fsp3) is 0.385. The van der Waals surface area contributed by atoms with Gasteiger partial charge in [0, 0.05) is 30.7 Å². The molecule has 0 atom stereocenters. The van der Waals surface area contributed by atoms with Crippen LogP contribution in [0.3, 0.4) is 0 Å². The fourth-order valence-electron chi connectivity index (χ4n) is 2.23. The predicted molar refractivity (Wildman–Crippen MR) is 81.6 cm³/mol. The van der Waals surface area contributed by atoms with Crippen molar-refractivity contribution in [2.75, 3.05) is 32.7 Å². The van der Waals surface area contributed by atoms with Gasteiger partial charge in [0.05, 0.1) is 12.1 Å². The van der Waals surface area contributed by atoms with Crippen LogP contribution in [0.1, 0.15) is 10.4 Å². The molecular weight excluding hydrogens is 340 g/mol. The number of amides is 1. The van der Waals surface area contributed by atoms with Gasteiger partial charge in [-0.25, -0.2) is 0 Å². The van der Waals surface area contributed by atoms with Crippen molar-refractivity contribution < 1.29 is 15.1 Å². The number of carbonyl (C=O) groups is 1. The van der Waals surface area contributed by atoms with Crippen molar-refractivity contribution in [3.05, 3.63) is 28.2 Å². The first kappa shape index (κ1) is 15.6. The lowest BCUT2D eigenvalue weighted by molar-refractivity contribution is 0.0650. The third-order valence-electron chi connectivity index (χ3n) is 3.36. The smallest absolute Gasteiger partial charge is 0.257 e. The topological polar surface area (TPSA) is 102 Å². The van der Waals surface area contributed by atoms with Gasteiger partial charge in [0.15, 0.2) is 5.84 Å². The Hall–Kier alpha value is -1.80. The molecule has 1 amide bonds. The maximum absolute atomic E-state index is 12.4. The number of amidine groups is 1. The van der Waals surface area contributed by atoms with E-state index in [0.29, 0.717) is 38.3 Å². The van der Waals surface area contributed by atoms with E-state index in [4.69, 9.17) is 10.9 Å². The Labute approximate surface area is 130 Å². The number of hydrogen-bond acceptors (Lipinski definition) is 5. The van der Waals surface area contributed by atoms with Crippen molar-refractivity contribution in [2.45, 2.75) is 0 Å². The average molecular weight is 357 g/mol. The van der Waals surface area contributed by atoms with Crippen LogP contribution < -0.4 is 5.73 Å². The van der Waals surface area contributed by atoms with Gasteiger partial charge in [-0.15, -0.1) is 0 Å². The molecule has 0 radical (unpaired) electrons. The van der Waals surface area contributed by atoms with Crippen molar-refractivity contribution in [2.24, 2.45) is 10.9 Å². The predicted octanol–water partition coefficient (Wildman–Crippen LogP) is 0.659. The van der Waals surface area contributed by atoms with Gasteiger partial charge in [-0.3, -0.25) is 9.69 Å². The molecule has 1 aromatic rings. The highest BCUT2D eigenvalue weighted by atomic mass is 79.9. The Bertz CT molecular complexity index is 556. The molecule has 7 nitrogen and oxygen atoms in total. The molecular formula is C13H17BrN4O3. The summed E-state index contributed by atoms with van der Waals surface area (Å²) in [4.78, 5) is 16.0. The number of nitrogens with zero attached hydrogens (tertiary/aromatic N) is 3. The average Bonchev–Trinajstić information content (AvgIpc) is 2.47. The van der Waals surface area contributed by atoms with E-state index in [1.54, 1.807) is 17.0 Å². The number of benzene rings is 1. The van der Waals surface area contributed by atoms with Crippen LogP contribution in [0.25, 0.3) is 0 Å². The van der Waals surface area contributed by atoms with Crippen LogP contribution in [0, 0.1) is 0 Å². The first-order valence-electron chi connectivity index (χ1n) is 6.48. The van der Waals surface area contributed by atoms with Crippen molar-refractivity contribution in [1.82, 2.24) is 9.80 Å². The standard InChI is InChI=1S/C13H17BrN4O3/c14-9-1-2-10(11(19)7-9)13(20)18-5-3-17(4-6-18)8-12(15)16-21/h1-2,7,19,21H,3-6,8H2,(H2,15,16). The molecule has 21 heavy (non-hydrogen) atoms.